The third kappa shape index (κ3) is 14.6. The molecule has 3 aromatic rings. The van der Waals surface area contributed by atoms with E-state index in [0.717, 1.165) is 46.3 Å². The molecule has 29 heavy (non-hydrogen) atoms. The van der Waals surface area contributed by atoms with Gasteiger partial charge in [-0.05, 0) is 52.0 Å². The first-order valence-corrected chi connectivity index (χ1v) is 15.2. The Balaban J connectivity index is 0.000000388. The number of hydrogen-bond acceptors (Lipinski definition) is 4. The Morgan fingerprint density at radius 3 is 0.793 bits per heavy atom. The predicted octanol–water partition coefficient (Wildman–Crippen LogP) is 0.330. The van der Waals surface area contributed by atoms with Crippen LogP contribution in [0.4, 0.5) is 0 Å². The summed E-state index contributed by atoms with van der Waals surface area (Å²) in [6.07, 6.45) is 0. The van der Waals surface area contributed by atoms with Gasteiger partial charge in [-0.25, -0.2) is 0 Å². The molecule has 155 valence electrons. The number of rotatable bonds is 3. The summed E-state index contributed by atoms with van der Waals surface area (Å²) < 4.78 is 11.4. The van der Waals surface area contributed by atoms with Gasteiger partial charge in [-0.3, -0.25) is 0 Å². The van der Waals surface area contributed by atoms with Gasteiger partial charge in [0.15, 0.2) is 29.3 Å². The number of benzene rings is 3. The second-order valence-electron chi connectivity index (χ2n) is 5.35. The van der Waals surface area contributed by atoms with Crippen LogP contribution in [0.2, 0.25) is 0 Å². The average molecular weight is 676 g/mol. The fraction of sp³-hybridized carbons (Fsp3) is 0. The van der Waals surface area contributed by atoms with Gasteiger partial charge in [0, 0.05) is 13.4 Å². The molecule has 0 radical (unpaired) electrons. The molecule has 0 unspecified atom stereocenters. The normalized spacial score (nSPS) is 10.2. The molecular weight excluding hydrogens is 655 g/mol. The summed E-state index contributed by atoms with van der Waals surface area (Å²) in [6.45, 7) is 0. The zero-order valence-corrected chi connectivity index (χ0v) is 25.8. The summed E-state index contributed by atoms with van der Waals surface area (Å²) in [5, 5.41) is 3.24. The Kier molecular flexibility index (Phi) is 18.8. The Bertz CT molecular complexity index is 687. The first-order valence-electron chi connectivity index (χ1n) is 8.22. The van der Waals surface area contributed by atoms with Gasteiger partial charge < -0.3 is 14.4 Å². The molecule has 0 saturated carbocycles. The van der Waals surface area contributed by atoms with E-state index in [-0.39, 0.29) is 0 Å². The van der Waals surface area contributed by atoms with Crippen molar-refractivity contribution in [2.24, 2.45) is 0 Å². The van der Waals surface area contributed by atoms with Crippen LogP contribution < -0.4 is 15.6 Å². The van der Waals surface area contributed by atoms with E-state index in [1.807, 2.05) is 72.8 Å². The van der Waals surface area contributed by atoms with Gasteiger partial charge in [0.25, 0.3) is 0 Å². The minimum atomic E-state index is -0.946. The second-order valence-corrected chi connectivity index (χ2v) is 11.5. The van der Waals surface area contributed by atoms with E-state index in [2.05, 4.69) is 47.8 Å². The molecule has 3 N–H and O–H groups in total. The molecular formula is C18H21Br3O4Si3V. The van der Waals surface area contributed by atoms with Gasteiger partial charge in [-0.1, -0.05) is 84.2 Å². The maximum atomic E-state index is 8.75. The Labute approximate surface area is 212 Å². The van der Waals surface area contributed by atoms with Crippen molar-refractivity contribution >= 4 is 92.6 Å². The van der Waals surface area contributed by atoms with Crippen molar-refractivity contribution in [1.82, 2.24) is 0 Å². The van der Waals surface area contributed by atoms with Crippen molar-refractivity contribution in [3.8, 4) is 0 Å². The predicted molar refractivity (Wildman–Crippen MR) is 134 cm³/mol. The van der Waals surface area contributed by atoms with E-state index in [1.165, 1.54) is 0 Å². The van der Waals surface area contributed by atoms with Crippen LogP contribution in [-0.2, 0) is 21.0 Å². The molecule has 0 spiro atoms. The molecule has 3 aromatic carbocycles. The van der Waals surface area contributed by atoms with Crippen LogP contribution in [0.1, 0.15) is 0 Å². The van der Waals surface area contributed by atoms with Crippen LogP contribution in [-0.4, -0.2) is 43.7 Å². The first-order chi connectivity index (χ1) is 14.0. The molecule has 0 aliphatic rings. The van der Waals surface area contributed by atoms with E-state index < -0.39 is 29.3 Å². The number of halogens is 3. The Morgan fingerprint density at radius 2 is 0.655 bits per heavy atom. The fourth-order valence-corrected chi connectivity index (χ4v) is 3.90. The molecule has 0 amide bonds. The van der Waals surface area contributed by atoms with Gasteiger partial charge in [0.2, 0.25) is 0 Å². The fourth-order valence-electron chi connectivity index (χ4n) is 1.77. The summed E-state index contributed by atoms with van der Waals surface area (Å²) in [5.41, 5.74) is 0. The third-order valence-electron chi connectivity index (χ3n) is 3.29. The van der Waals surface area contributed by atoms with E-state index in [9.17, 15) is 0 Å². The van der Waals surface area contributed by atoms with E-state index in [4.69, 9.17) is 18.1 Å². The molecule has 0 saturated heterocycles. The van der Waals surface area contributed by atoms with Crippen LogP contribution in [0, 0.1) is 0 Å². The Hall–Kier alpha value is 0.0151. The van der Waals surface area contributed by atoms with Gasteiger partial charge in [-0.15, -0.1) is 0 Å². The van der Waals surface area contributed by atoms with Gasteiger partial charge in [0.1, 0.15) is 0 Å². The molecule has 0 fully saturated rings. The summed E-state index contributed by atoms with van der Waals surface area (Å²) in [7, 11) is -2.84. The number of hydrogen-bond donors (Lipinski definition) is 3. The van der Waals surface area contributed by atoms with Crippen molar-refractivity contribution in [3.63, 3.8) is 0 Å². The topological polar surface area (TPSA) is 77.8 Å². The van der Waals surface area contributed by atoms with E-state index in [1.54, 1.807) is 0 Å². The molecule has 3 rings (SSSR count). The molecule has 0 aliphatic carbocycles. The first kappa shape index (κ1) is 29.0. The molecule has 0 bridgehead atoms. The van der Waals surface area contributed by atoms with Gasteiger partial charge >= 0.3 is 21.0 Å². The molecule has 0 aliphatic heterocycles. The van der Waals surface area contributed by atoms with Crippen molar-refractivity contribution in [3.05, 3.63) is 86.2 Å². The van der Waals surface area contributed by atoms with Gasteiger partial charge in [-0.2, -0.15) is 0 Å². The quantitative estimate of drug-likeness (QED) is 0.350. The van der Waals surface area contributed by atoms with Crippen molar-refractivity contribution in [1.29, 1.82) is 0 Å². The summed E-state index contributed by atoms with van der Waals surface area (Å²) >= 11 is 11.0. The zero-order valence-electron chi connectivity index (χ0n) is 15.4. The SMILES string of the molecule is O[SiH2]c1ccc(Br)cc1.O[SiH2]c1ccc(Br)cc1.O[SiH2]c1ccc(Br)cc1.[O]=[V]. The zero-order chi connectivity index (χ0) is 22.1. The molecule has 0 heterocycles. The summed E-state index contributed by atoms with van der Waals surface area (Å²) in [6, 6.07) is 23.3. The van der Waals surface area contributed by atoms with Crippen molar-refractivity contribution in [2.45, 2.75) is 0 Å². The van der Waals surface area contributed by atoms with Crippen LogP contribution >= 0.6 is 47.8 Å². The minimum absolute atomic E-state index is 0.946. The Morgan fingerprint density at radius 1 is 0.483 bits per heavy atom. The van der Waals surface area contributed by atoms with Crippen LogP contribution in [0.25, 0.3) is 0 Å². The average Bonchev–Trinajstić information content (AvgIpc) is 2.78. The van der Waals surface area contributed by atoms with Crippen molar-refractivity contribution in [2.75, 3.05) is 0 Å². The summed E-state index contributed by atoms with van der Waals surface area (Å²) in [4.78, 5) is 26.3. The maximum absolute atomic E-state index is 8.75. The monoisotopic (exact) mass is 673 g/mol. The molecule has 0 atom stereocenters. The van der Waals surface area contributed by atoms with Crippen LogP contribution in [0.15, 0.2) is 86.2 Å². The standard InChI is InChI=1S/3C6H7BrOSi.O.V/c3*7-5-1-3-6(9-8)4-2-5;;/h3*1-4,8H,9H2;;. The van der Waals surface area contributed by atoms with E-state index >= 15 is 0 Å². The molecule has 4 nitrogen and oxygen atoms in total. The molecule has 11 heteroatoms. The third-order valence-corrected chi connectivity index (χ3v) is 7.38. The van der Waals surface area contributed by atoms with E-state index in [0.29, 0.717) is 0 Å². The van der Waals surface area contributed by atoms with Crippen molar-refractivity contribution < 1.29 is 35.4 Å². The van der Waals surface area contributed by atoms with Gasteiger partial charge in [0.05, 0.1) is 0 Å². The van der Waals surface area contributed by atoms with Crippen LogP contribution in [0.5, 0.6) is 0 Å². The molecule has 0 aromatic heterocycles. The summed E-state index contributed by atoms with van der Waals surface area (Å²) in [5.74, 6) is 0. The second kappa shape index (κ2) is 18.8. The van der Waals surface area contributed by atoms with Crippen LogP contribution in [0.3, 0.4) is 0 Å².